The maximum Gasteiger partial charge on any atom is 0.151 e. The molecule has 2 heterocycles. The lowest BCUT2D eigenvalue weighted by Crippen LogP contribution is -2.11. The minimum atomic E-state index is -2.93. The minimum Gasteiger partial charge on any atom is -0.236 e. The topological polar surface area (TPSA) is 59.9 Å². The molecular weight excluding hydrogens is 364 g/mol. The van der Waals surface area contributed by atoms with Crippen LogP contribution in [0.4, 0.5) is 0 Å². The predicted molar refractivity (Wildman–Crippen MR) is 82.0 cm³/mol. The maximum absolute atomic E-state index is 11.6. The molecule has 1 aromatic rings. The Hall–Kier alpha value is -0.200. The summed E-state index contributed by atoms with van der Waals surface area (Å²) in [5, 5.41) is 0.404. The van der Waals surface area contributed by atoms with E-state index in [4.69, 9.17) is 11.6 Å². The summed E-state index contributed by atoms with van der Waals surface area (Å²) >= 11 is 9.68. The van der Waals surface area contributed by atoms with Crippen molar-refractivity contribution in [3.63, 3.8) is 0 Å². The number of sulfone groups is 1. The highest BCUT2D eigenvalue weighted by Crippen LogP contribution is 2.39. The third kappa shape index (κ3) is 2.88. The van der Waals surface area contributed by atoms with E-state index in [9.17, 15) is 8.42 Å². The van der Waals surface area contributed by atoms with Crippen molar-refractivity contribution >= 4 is 37.4 Å². The number of hydrogen-bond acceptors (Lipinski definition) is 4. The van der Waals surface area contributed by atoms with Crippen molar-refractivity contribution < 1.29 is 8.42 Å². The van der Waals surface area contributed by atoms with E-state index < -0.39 is 9.84 Å². The lowest BCUT2D eigenvalue weighted by atomic mass is 10.0. The minimum absolute atomic E-state index is 0.106. The Balaban J connectivity index is 1.96. The largest absolute Gasteiger partial charge is 0.236 e. The molecular formula is C13H16BrClN2O2S. The normalized spacial score (nSPS) is 26.2. The highest BCUT2D eigenvalue weighted by Gasteiger charge is 2.33. The summed E-state index contributed by atoms with van der Waals surface area (Å²) in [5.74, 6) is 1.29. The first-order valence-corrected chi connectivity index (χ1v) is 9.89. The average Bonchev–Trinajstić information content (AvgIpc) is 3.01. The van der Waals surface area contributed by atoms with Crippen LogP contribution in [0.25, 0.3) is 0 Å². The number of nitrogens with zero attached hydrogens (tertiary/aromatic N) is 2. The molecule has 1 aliphatic heterocycles. The van der Waals surface area contributed by atoms with Gasteiger partial charge in [-0.3, -0.25) is 0 Å². The molecule has 1 unspecified atom stereocenters. The fourth-order valence-electron chi connectivity index (χ4n) is 3.10. The van der Waals surface area contributed by atoms with E-state index in [1.807, 2.05) is 0 Å². The fraction of sp³-hybridized carbons (Fsp3) is 0.692. The molecule has 1 aromatic heterocycles. The smallest absolute Gasteiger partial charge is 0.151 e. The van der Waals surface area contributed by atoms with Crippen LogP contribution in [0.3, 0.4) is 0 Å². The summed E-state index contributed by atoms with van der Waals surface area (Å²) in [4.78, 5) is 8.95. The van der Waals surface area contributed by atoms with Crippen molar-refractivity contribution in [3.8, 4) is 0 Å². The van der Waals surface area contributed by atoms with Gasteiger partial charge in [-0.05, 0) is 35.2 Å². The fourth-order valence-corrected chi connectivity index (χ4v) is 5.53. The van der Waals surface area contributed by atoms with Crippen molar-refractivity contribution in [2.45, 2.75) is 43.9 Å². The molecule has 110 valence electrons. The second-order valence-corrected chi connectivity index (χ2v) is 9.03. The molecule has 1 atom stereocenters. The van der Waals surface area contributed by atoms with E-state index in [1.54, 1.807) is 0 Å². The van der Waals surface area contributed by atoms with Gasteiger partial charge in [0.1, 0.15) is 11.0 Å². The maximum atomic E-state index is 11.6. The summed E-state index contributed by atoms with van der Waals surface area (Å²) < 4.78 is 24.0. The van der Waals surface area contributed by atoms with E-state index in [0.717, 1.165) is 23.0 Å². The summed E-state index contributed by atoms with van der Waals surface area (Å²) in [6, 6.07) is 0. The van der Waals surface area contributed by atoms with Gasteiger partial charge in [0.25, 0.3) is 0 Å². The third-order valence-electron chi connectivity index (χ3n) is 4.19. The van der Waals surface area contributed by atoms with Crippen LogP contribution in [0.15, 0.2) is 4.47 Å². The SMILES string of the molecule is O=S1(=O)CCC(c2nc(Cl)c(Br)c(C3CCCC3)n2)C1. The van der Waals surface area contributed by atoms with E-state index in [2.05, 4.69) is 25.9 Å². The first kappa shape index (κ1) is 14.7. The monoisotopic (exact) mass is 378 g/mol. The lowest BCUT2D eigenvalue weighted by molar-refractivity contribution is 0.600. The Bertz CT molecular complexity index is 630. The Morgan fingerprint density at radius 2 is 1.80 bits per heavy atom. The number of halogens is 2. The second-order valence-electron chi connectivity index (χ2n) is 5.65. The molecule has 2 fully saturated rings. The first-order valence-electron chi connectivity index (χ1n) is 6.89. The highest BCUT2D eigenvalue weighted by atomic mass is 79.9. The van der Waals surface area contributed by atoms with Gasteiger partial charge in [-0.2, -0.15) is 0 Å². The molecule has 0 amide bonds. The number of aromatic nitrogens is 2. The number of rotatable bonds is 2. The molecule has 7 heteroatoms. The molecule has 2 aliphatic rings. The lowest BCUT2D eigenvalue weighted by Gasteiger charge is -2.15. The predicted octanol–water partition coefficient (Wildman–Crippen LogP) is 3.45. The Labute approximate surface area is 132 Å². The third-order valence-corrected chi connectivity index (χ3v) is 7.24. The van der Waals surface area contributed by atoms with Crippen LogP contribution in [-0.2, 0) is 9.84 Å². The summed E-state index contributed by atoms with van der Waals surface area (Å²) in [6.45, 7) is 0. The Kier molecular flexibility index (Phi) is 4.08. The first-order chi connectivity index (χ1) is 9.46. The highest BCUT2D eigenvalue weighted by molar-refractivity contribution is 9.10. The zero-order chi connectivity index (χ0) is 14.3. The van der Waals surface area contributed by atoms with Crippen molar-refractivity contribution in [3.05, 3.63) is 21.1 Å². The summed E-state index contributed by atoms with van der Waals surface area (Å²) in [6.07, 6.45) is 5.27. The molecule has 3 rings (SSSR count). The van der Waals surface area contributed by atoms with Crippen LogP contribution in [0, 0.1) is 0 Å². The van der Waals surface area contributed by atoms with Crippen LogP contribution in [0.1, 0.15) is 55.5 Å². The molecule has 4 nitrogen and oxygen atoms in total. The quantitative estimate of drug-likeness (QED) is 0.738. The van der Waals surface area contributed by atoms with Gasteiger partial charge < -0.3 is 0 Å². The van der Waals surface area contributed by atoms with Crippen molar-refractivity contribution in [2.24, 2.45) is 0 Å². The molecule has 1 aliphatic carbocycles. The van der Waals surface area contributed by atoms with Gasteiger partial charge in [0.05, 0.1) is 21.7 Å². The van der Waals surface area contributed by atoms with E-state index in [0.29, 0.717) is 23.3 Å². The average molecular weight is 380 g/mol. The molecule has 0 N–H and O–H groups in total. The second kappa shape index (κ2) is 5.54. The Morgan fingerprint density at radius 1 is 1.10 bits per heavy atom. The van der Waals surface area contributed by atoms with Crippen LogP contribution in [0.5, 0.6) is 0 Å². The zero-order valence-electron chi connectivity index (χ0n) is 11.0. The van der Waals surface area contributed by atoms with Crippen LogP contribution < -0.4 is 0 Å². The van der Waals surface area contributed by atoms with Crippen molar-refractivity contribution in [1.82, 2.24) is 9.97 Å². The van der Waals surface area contributed by atoms with E-state index in [-0.39, 0.29) is 17.4 Å². The van der Waals surface area contributed by atoms with Crippen molar-refractivity contribution in [2.75, 3.05) is 11.5 Å². The van der Waals surface area contributed by atoms with Crippen LogP contribution in [0.2, 0.25) is 5.15 Å². The van der Waals surface area contributed by atoms with E-state index >= 15 is 0 Å². The van der Waals surface area contributed by atoms with E-state index in [1.165, 1.54) is 12.8 Å². The van der Waals surface area contributed by atoms with Crippen LogP contribution in [-0.4, -0.2) is 29.9 Å². The molecule has 1 saturated heterocycles. The molecule has 20 heavy (non-hydrogen) atoms. The van der Waals surface area contributed by atoms with Gasteiger partial charge in [0, 0.05) is 11.8 Å². The zero-order valence-corrected chi connectivity index (χ0v) is 14.1. The Morgan fingerprint density at radius 3 is 2.40 bits per heavy atom. The van der Waals surface area contributed by atoms with Crippen molar-refractivity contribution in [1.29, 1.82) is 0 Å². The molecule has 0 aromatic carbocycles. The van der Waals surface area contributed by atoms with Gasteiger partial charge in [-0.25, -0.2) is 18.4 Å². The number of hydrogen-bond donors (Lipinski definition) is 0. The van der Waals surface area contributed by atoms with Gasteiger partial charge in [-0.15, -0.1) is 0 Å². The molecule has 0 spiro atoms. The molecule has 0 radical (unpaired) electrons. The van der Waals surface area contributed by atoms with Crippen LogP contribution >= 0.6 is 27.5 Å². The molecule has 0 bridgehead atoms. The summed E-state index contributed by atoms with van der Waals surface area (Å²) in [5.41, 5.74) is 0.960. The van der Waals surface area contributed by atoms with Gasteiger partial charge in [0.2, 0.25) is 0 Å². The van der Waals surface area contributed by atoms with Gasteiger partial charge >= 0.3 is 0 Å². The molecule has 1 saturated carbocycles. The summed E-state index contributed by atoms with van der Waals surface area (Å²) in [7, 11) is -2.93. The standard InChI is InChI=1S/C13H16BrClN2O2S/c14-10-11(8-3-1-2-4-8)16-13(17-12(10)15)9-5-6-20(18,19)7-9/h8-9H,1-7H2. The van der Waals surface area contributed by atoms with Gasteiger partial charge in [-0.1, -0.05) is 24.4 Å². The van der Waals surface area contributed by atoms with Gasteiger partial charge in [0.15, 0.2) is 9.84 Å².